The zero-order valence-electron chi connectivity index (χ0n) is 11.7. The lowest BCUT2D eigenvalue weighted by molar-refractivity contribution is -0.134. The van der Waals surface area contributed by atoms with E-state index >= 15 is 0 Å². The van der Waals surface area contributed by atoms with E-state index in [1.54, 1.807) is 7.11 Å². The van der Waals surface area contributed by atoms with Crippen molar-refractivity contribution in [3.63, 3.8) is 0 Å². The van der Waals surface area contributed by atoms with Gasteiger partial charge in [-0.3, -0.25) is 9.69 Å². The first kappa shape index (κ1) is 13.8. The Labute approximate surface area is 110 Å². The summed E-state index contributed by atoms with van der Waals surface area (Å²) in [6.45, 7) is 6.74. The van der Waals surface area contributed by atoms with Gasteiger partial charge in [-0.1, -0.05) is 6.92 Å². The zero-order chi connectivity index (χ0) is 13.0. The number of hydrogen-bond acceptors (Lipinski definition) is 3. The highest BCUT2D eigenvalue weighted by atomic mass is 16.5. The average Bonchev–Trinajstić information content (AvgIpc) is 2.39. The summed E-state index contributed by atoms with van der Waals surface area (Å²) in [4.78, 5) is 16.5. The number of amides is 1. The zero-order valence-corrected chi connectivity index (χ0v) is 11.7. The summed E-state index contributed by atoms with van der Waals surface area (Å²) in [6.07, 6.45) is 4.94. The van der Waals surface area contributed by atoms with Crippen LogP contribution in [0.4, 0.5) is 0 Å². The molecular formula is C14H26N2O2. The SMILES string of the molecule is COC1CCN(CC(=O)N2CCCC(C)C2)CC1. The van der Waals surface area contributed by atoms with Crippen LogP contribution in [0, 0.1) is 5.92 Å². The lowest BCUT2D eigenvalue weighted by Gasteiger charge is -2.35. The molecule has 104 valence electrons. The fourth-order valence-corrected chi connectivity index (χ4v) is 3.01. The molecule has 2 aliphatic rings. The van der Waals surface area contributed by atoms with Crippen molar-refractivity contribution in [3.05, 3.63) is 0 Å². The molecule has 0 saturated carbocycles. The number of piperidine rings is 2. The minimum absolute atomic E-state index is 0.317. The molecule has 0 N–H and O–H groups in total. The summed E-state index contributed by atoms with van der Waals surface area (Å²) in [5.41, 5.74) is 0. The summed E-state index contributed by atoms with van der Waals surface area (Å²) >= 11 is 0. The highest BCUT2D eigenvalue weighted by Crippen LogP contribution is 2.17. The van der Waals surface area contributed by atoms with Gasteiger partial charge in [-0.2, -0.15) is 0 Å². The molecular weight excluding hydrogens is 228 g/mol. The number of rotatable bonds is 3. The molecule has 4 heteroatoms. The van der Waals surface area contributed by atoms with E-state index in [2.05, 4.69) is 16.7 Å². The number of nitrogens with zero attached hydrogens (tertiary/aromatic N) is 2. The molecule has 0 bridgehead atoms. The number of likely N-dealkylation sites (tertiary alicyclic amines) is 2. The largest absolute Gasteiger partial charge is 0.381 e. The van der Waals surface area contributed by atoms with Crippen molar-refractivity contribution in [3.8, 4) is 0 Å². The summed E-state index contributed by atoms with van der Waals surface area (Å²) in [5.74, 6) is 0.986. The maximum atomic E-state index is 12.2. The second-order valence-corrected chi connectivity index (χ2v) is 5.80. The van der Waals surface area contributed by atoms with E-state index in [-0.39, 0.29) is 0 Å². The predicted octanol–water partition coefficient (Wildman–Crippen LogP) is 1.36. The lowest BCUT2D eigenvalue weighted by atomic mass is 10.0. The molecule has 1 atom stereocenters. The number of ether oxygens (including phenoxy) is 1. The molecule has 0 aromatic heterocycles. The Kier molecular flexibility index (Phi) is 5.01. The van der Waals surface area contributed by atoms with Crippen LogP contribution in [0.5, 0.6) is 0 Å². The Balaban J connectivity index is 1.74. The van der Waals surface area contributed by atoms with Gasteiger partial charge in [-0.25, -0.2) is 0 Å². The van der Waals surface area contributed by atoms with Crippen LogP contribution in [0.2, 0.25) is 0 Å². The third-order valence-corrected chi connectivity index (χ3v) is 4.24. The molecule has 2 rings (SSSR count). The second kappa shape index (κ2) is 6.53. The van der Waals surface area contributed by atoms with Crippen molar-refractivity contribution in [1.29, 1.82) is 0 Å². The molecule has 0 radical (unpaired) electrons. The molecule has 1 unspecified atom stereocenters. The number of methoxy groups -OCH3 is 1. The van der Waals surface area contributed by atoms with Gasteiger partial charge in [0.25, 0.3) is 0 Å². The van der Waals surface area contributed by atoms with Crippen LogP contribution in [0.3, 0.4) is 0 Å². The maximum absolute atomic E-state index is 12.2. The molecule has 4 nitrogen and oxygen atoms in total. The van der Waals surface area contributed by atoms with Gasteiger partial charge in [0.15, 0.2) is 0 Å². The topological polar surface area (TPSA) is 32.8 Å². The lowest BCUT2D eigenvalue weighted by Crippen LogP contribution is -2.47. The fourth-order valence-electron chi connectivity index (χ4n) is 3.01. The third-order valence-electron chi connectivity index (χ3n) is 4.24. The van der Waals surface area contributed by atoms with Crippen molar-refractivity contribution in [2.75, 3.05) is 39.8 Å². The van der Waals surface area contributed by atoms with E-state index in [1.165, 1.54) is 12.8 Å². The minimum atomic E-state index is 0.317. The molecule has 0 aliphatic carbocycles. The van der Waals surface area contributed by atoms with Crippen molar-refractivity contribution >= 4 is 5.91 Å². The van der Waals surface area contributed by atoms with Gasteiger partial charge in [0.05, 0.1) is 12.6 Å². The Morgan fingerprint density at radius 3 is 2.56 bits per heavy atom. The monoisotopic (exact) mass is 254 g/mol. The normalized spacial score (nSPS) is 27.4. The van der Waals surface area contributed by atoms with Crippen LogP contribution in [-0.2, 0) is 9.53 Å². The van der Waals surface area contributed by atoms with Gasteiger partial charge in [0.2, 0.25) is 5.91 Å². The summed E-state index contributed by atoms with van der Waals surface area (Å²) in [7, 11) is 1.78. The Morgan fingerprint density at radius 1 is 1.22 bits per heavy atom. The average molecular weight is 254 g/mol. The van der Waals surface area contributed by atoms with Crippen LogP contribution in [0.25, 0.3) is 0 Å². The van der Waals surface area contributed by atoms with E-state index in [0.29, 0.717) is 24.5 Å². The van der Waals surface area contributed by atoms with E-state index < -0.39 is 0 Å². The Morgan fingerprint density at radius 2 is 1.94 bits per heavy atom. The molecule has 2 fully saturated rings. The van der Waals surface area contributed by atoms with E-state index in [4.69, 9.17) is 4.74 Å². The second-order valence-electron chi connectivity index (χ2n) is 5.80. The summed E-state index contributed by atoms with van der Waals surface area (Å²) in [5, 5.41) is 0. The van der Waals surface area contributed by atoms with Gasteiger partial charge in [-0.15, -0.1) is 0 Å². The minimum Gasteiger partial charge on any atom is -0.381 e. The van der Waals surface area contributed by atoms with Crippen molar-refractivity contribution in [2.24, 2.45) is 5.92 Å². The molecule has 2 saturated heterocycles. The molecule has 0 spiro atoms. The standard InChI is InChI=1S/C14H26N2O2/c1-12-4-3-7-16(10-12)14(17)11-15-8-5-13(18-2)6-9-15/h12-13H,3-11H2,1-2H3. The van der Waals surface area contributed by atoms with Gasteiger partial charge in [0, 0.05) is 33.3 Å². The molecule has 0 aromatic carbocycles. The quantitative estimate of drug-likeness (QED) is 0.762. The highest BCUT2D eigenvalue weighted by molar-refractivity contribution is 5.78. The summed E-state index contributed by atoms with van der Waals surface area (Å²) in [6, 6.07) is 0. The molecule has 18 heavy (non-hydrogen) atoms. The van der Waals surface area contributed by atoms with Crippen molar-refractivity contribution in [1.82, 2.24) is 9.80 Å². The van der Waals surface area contributed by atoms with Gasteiger partial charge >= 0.3 is 0 Å². The van der Waals surface area contributed by atoms with Gasteiger partial charge in [-0.05, 0) is 31.6 Å². The number of hydrogen-bond donors (Lipinski definition) is 0. The van der Waals surface area contributed by atoms with E-state index in [1.807, 2.05) is 0 Å². The van der Waals surface area contributed by atoms with Crippen LogP contribution >= 0.6 is 0 Å². The highest BCUT2D eigenvalue weighted by Gasteiger charge is 2.25. The predicted molar refractivity (Wildman–Crippen MR) is 71.4 cm³/mol. The van der Waals surface area contributed by atoms with Crippen molar-refractivity contribution < 1.29 is 9.53 Å². The first-order chi connectivity index (χ1) is 8.69. The van der Waals surface area contributed by atoms with Gasteiger partial charge in [0.1, 0.15) is 0 Å². The smallest absolute Gasteiger partial charge is 0.236 e. The molecule has 2 aliphatic heterocycles. The molecule has 2 heterocycles. The van der Waals surface area contributed by atoms with Crippen molar-refractivity contribution in [2.45, 2.75) is 38.7 Å². The molecule has 1 amide bonds. The number of carbonyl (C=O) groups is 1. The third kappa shape index (κ3) is 3.69. The summed E-state index contributed by atoms with van der Waals surface area (Å²) < 4.78 is 5.35. The molecule has 0 aromatic rings. The first-order valence-corrected chi connectivity index (χ1v) is 7.22. The van der Waals surface area contributed by atoms with Crippen LogP contribution in [0.1, 0.15) is 32.6 Å². The number of carbonyl (C=O) groups excluding carboxylic acids is 1. The fraction of sp³-hybridized carbons (Fsp3) is 0.929. The van der Waals surface area contributed by atoms with Crippen LogP contribution < -0.4 is 0 Å². The van der Waals surface area contributed by atoms with E-state index in [9.17, 15) is 4.79 Å². The Hall–Kier alpha value is -0.610. The van der Waals surface area contributed by atoms with E-state index in [0.717, 1.165) is 39.0 Å². The van der Waals surface area contributed by atoms with Gasteiger partial charge < -0.3 is 9.64 Å². The maximum Gasteiger partial charge on any atom is 0.236 e. The Bertz CT molecular complexity index is 275. The first-order valence-electron chi connectivity index (χ1n) is 7.22. The van der Waals surface area contributed by atoms with Crippen LogP contribution in [-0.4, -0.2) is 61.6 Å². The van der Waals surface area contributed by atoms with Crippen LogP contribution in [0.15, 0.2) is 0 Å².